The molecule has 24 heavy (non-hydrogen) atoms. The maximum atomic E-state index is 11.9. The number of carboxylic acid groups (broad SMARTS) is 1. The predicted octanol–water partition coefficient (Wildman–Crippen LogP) is 3.13. The summed E-state index contributed by atoms with van der Waals surface area (Å²) in [5, 5.41) is 14.6. The molecular weight excluding hydrogens is 304 g/mol. The molecule has 2 aromatic rings. The summed E-state index contributed by atoms with van der Waals surface area (Å²) in [5.74, 6) is -0.426. The van der Waals surface area contributed by atoms with Crippen molar-refractivity contribution in [3.05, 3.63) is 71.3 Å². The Hall–Kier alpha value is -2.82. The van der Waals surface area contributed by atoms with Gasteiger partial charge < -0.3 is 15.7 Å². The first-order valence-corrected chi connectivity index (χ1v) is 8.03. The molecule has 0 bridgehead atoms. The van der Waals surface area contributed by atoms with E-state index >= 15 is 0 Å². The molecule has 0 spiro atoms. The number of amides is 2. The normalized spacial score (nSPS) is 19.2. The van der Waals surface area contributed by atoms with Gasteiger partial charge in [0.15, 0.2) is 0 Å². The van der Waals surface area contributed by atoms with Crippen molar-refractivity contribution in [1.29, 1.82) is 0 Å². The standard InChI is InChI=1S/C19H20N2O3/c22-18(23)15-8-6-13(7-9-15)12-20-19(24)21-17-10-16(11-17)14-4-2-1-3-5-14/h1-9,16-17H,10-12H2,(H,22,23)(H2,20,21,24). The highest BCUT2D eigenvalue weighted by Crippen LogP contribution is 2.36. The minimum atomic E-state index is -0.954. The maximum Gasteiger partial charge on any atom is 0.335 e. The van der Waals surface area contributed by atoms with E-state index in [-0.39, 0.29) is 17.6 Å². The predicted molar refractivity (Wildman–Crippen MR) is 91.0 cm³/mol. The van der Waals surface area contributed by atoms with Crippen LogP contribution in [0.1, 0.15) is 40.2 Å². The number of urea groups is 1. The Kier molecular flexibility index (Phi) is 4.79. The topological polar surface area (TPSA) is 78.4 Å². The van der Waals surface area contributed by atoms with E-state index in [4.69, 9.17) is 5.11 Å². The Balaban J connectivity index is 1.40. The number of carbonyl (C=O) groups excluding carboxylic acids is 1. The van der Waals surface area contributed by atoms with E-state index in [1.165, 1.54) is 17.7 Å². The van der Waals surface area contributed by atoms with Crippen LogP contribution < -0.4 is 10.6 Å². The van der Waals surface area contributed by atoms with Crippen molar-refractivity contribution in [1.82, 2.24) is 10.6 Å². The van der Waals surface area contributed by atoms with Crippen molar-refractivity contribution in [2.45, 2.75) is 31.3 Å². The van der Waals surface area contributed by atoms with Crippen molar-refractivity contribution in [3.8, 4) is 0 Å². The number of carboxylic acids is 1. The number of rotatable bonds is 5. The molecule has 0 unspecified atom stereocenters. The molecule has 1 fully saturated rings. The minimum absolute atomic E-state index is 0.186. The molecule has 0 aromatic heterocycles. The van der Waals surface area contributed by atoms with E-state index < -0.39 is 5.97 Å². The molecular formula is C19H20N2O3. The molecule has 0 aliphatic heterocycles. The maximum absolute atomic E-state index is 11.9. The average Bonchev–Trinajstić information content (AvgIpc) is 2.57. The molecule has 1 aliphatic rings. The molecule has 5 heteroatoms. The van der Waals surface area contributed by atoms with E-state index in [1.54, 1.807) is 12.1 Å². The molecule has 1 saturated carbocycles. The fourth-order valence-electron chi connectivity index (χ4n) is 2.92. The number of aromatic carboxylic acids is 1. The number of carbonyl (C=O) groups is 2. The van der Waals surface area contributed by atoms with Crippen LogP contribution in [0.15, 0.2) is 54.6 Å². The third-order valence-electron chi connectivity index (χ3n) is 4.40. The van der Waals surface area contributed by atoms with E-state index in [2.05, 4.69) is 22.8 Å². The van der Waals surface area contributed by atoms with Gasteiger partial charge in [-0.25, -0.2) is 9.59 Å². The molecule has 0 radical (unpaired) electrons. The van der Waals surface area contributed by atoms with Crippen molar-refractivity contribution in [2.24, 2.45) is 0 Å². The summed E-state index contributed by atoms with van der Waals surface area (Å²) in [4.78, 5) is 22.7. The first kappa shape index (κ1) is 16.1. The highest BCUT2D eigenvalue weighted by molar-refractivity contribution is 5.87. The van der Waals surface area contributed by atoms with Crippen LogP contribution in [-0.2, 0) is 6.54 Å². The van der Waals surface area contributed by atoms with Crippen LogP contribution in [0.3, 0.4) is 0 Å². The van der Waals surface area contributed by atoms with E-state index in [9.17, 15) is 9.59 Å². The molecule has 3 N–H and O–H groups in total. The first-order valence-electron chi connectivity index (χ1n) is 8.03. The lowest BCUT2D eigenvalue weighted by Gasteiger charge is -2.36. The summed E-state index contributed by atoms with van der Waals surface area (Å²) in [7, 11) is 0. The highest BCUT2D eigenvalue weighted by atomic mass is 16.4. The smallest absolute Gasteiger partial charge is 0.335 e. The van der Waals surface area contributed by atoms with Crippen molar-refractivity contribution < 1.29 is 14.7 Å². The summed E-state index contributed by atoms with van der Waals surface area (Å²) >= 11 is 0. The summed E-state index contributed by atoms with van der Waals surface area (Å²) < 4.78 is 0. The van der Waals surface area contributed by atoms with Crippen LogP contribution in [0.2, 0.25) is 0 Å². The Morgan fingerprint density at radius 2 is 1.67 bits per heavy atom. The summed E-state index contributed by atoms with van der Waals surface area (Å²) in [6, 6.07) is 16.9. The quantitative estimate of drug-likeness (QED) is 0.790. The van der Waals surface area contributed by atoms with Crippen LogP contribution in [0, 0.1) is 0 Å². The van der Waals surface area contributed by atoms with Crippen LogP contribution >= 0.6 is 0 Å². The molecule has 0 atom stereocenters. The molecule has 0 heterocycles. The Labute approximate surface area is 140 Å². The van der Waals surface area contributed by atoms with Crippen LogP contribution in [-0.4, -0.2) is 23.1 Å². The lowest BCUT2D eigenvalue weighted by Crippen LogP contribution is -2.47. The monoisotopic (exact) mass is 324 g/mol. The second-order valence-electron chi connectivity index (χ2n) is 6.11. The number of hydrogen-bond acceptors (Lipinski definition) is 2. The van der Waals surface area contributed by atoms with Gasteiger partial charge in [-0.15, -0.1) is 0 Å². The van der Waals surface area contributed by atoms with Gasteiger partial charge in [-0.1, -0.05) is 42.5 Å². The number of nitrogens with one attached hydrogen (secondary N) is 2. The van der Waals surface area contributed by atoms with Gasteiger partial charge in [-0.05, 0) is 42.0 Å². The van der Waals surface area contributed by atoms with E-state index in [1.807, 2.05) is 18.2 Å². The van der Waals surface area contributed by atoms with Gasteiger partial charge in [0.2, 0.25) is 0 Å². The van der Waals surface area contributed by atoms with Gasteiger partial charge in [-0.2, -0.15) is 0 Å². The second kappa shape index (κ2) is 7.17. The first-order chi connectivity index (χ1) is 11.6. The molecule has 5 nitrogen and oxygen atoms in total. The van der Waals surface area contributed by atoms with Crippen molar-refractivity contribution in [2.75, 3.05) is 0 Å². The van der Waals surface area contributed by atoms with Crippen molar-refractivity contribution in [3.63, 3.8) is 0 Å². The third kappa shape index (κ3) is 3.93. The number of hydrogen-bond donors (Lipinski definition) is 3. The molecule has 1 aliphatic carbocycles. The zero-order valence-electron chi connectivity index (χ0n) is 13.2. The van der Waals surface area contributed by atoms with Crippen LogP contribution in [0.4, 0.5) is 4.79 Å². The summed E-state index contributed by atoms with van der Waals surface area (Å²) in [6.45, 7) is 0.376. The van der Waals surface area contributed by atoms with Gasteiger partial charge in [-0.3, -0.25) is 0 Å². The number of benzene rings is 2. The largest absolute Gasteiger partial charge is 0.478 e. The molecule has 2 aromatic carbocycles. The molecule has 124 valence electrons. The fourth-order valence-corrected chi connectivity index (χ4v) is 2.92. The van der Waals surface area contributed by atoms with E-state index in [0.29, 0.717) is 12.5 Å². The van der Waals surface area contributed by atoms with Crippen molar-refractivity contribution >= 4 is 12.0 Å². The van der Waals surface area contributed by atoms with Gasteiger partial charge in [0, 0.05) is 12.6 Å². The zero-order chi connectivity index (χ0) is 16.9. The Bertz CT molecular complexity index is 707. The van der Waals surface area contributed by atoms with Gasteiger partial charge >= 0.3 is 12.0 Å². The van der Waals surface area contributed by atoms with Gasteiger partial charge in [0.1, 0.15) is 0 Å². The lowest BCUT2D eigenvalue weighted by atomic mass is 9.76. The van der Waals surface area contributed by atoms with Crippen LogP contribution in [0.5, 0.6) is 0 Å². The van der Waals surface area contributed by atoms with E-state index in [0.717, 1.165) is 18.4 Å². The Morgan fingerprint density at radius 3 is 2.29 bits per heavy atom. The minimum Gasteiger partial charge on any atom is -0.478 e. The molecule has 0 saturated heterocycles. The molecule has 2 amide bonds. The van der Waals surface area contributed by atoms with Gasteiger partial charge in [0.25, 0.3) is 0 Å². The molecule has 3 rings (SSSR count). The summed E-state index contributed by atoms with van der Waals surface area (Å²) in [6.07, 6.45) is 1.93. The zero-order valence-corrected chi connectivity index (χ0v) is 13.2. The van der Waals surface area contributed by atoms with Crippen LogP contribution in [0.25, 0.3) is 0 Å². The second-order valence-corrected chi connectivity index (χ2v) is 6.11. The highest BCUT2D eigenvalue weighted by Gasteiger charge is 2.31. The lowest BCUT2D eigenvalue weighted by molar-refractivity contribution is 0.0697. The SMILES string of the molecule is O=C(NCc1ccc(C(=O)O)cc1)NC1CC(c2ccccc2)C1. The van der Waals surface area contributed by atoms with Gasteiger partial charge in [0.05, 0.1) is 5.56 Å². The average molecular weight is 324 g/mol. The fraction of sp³-hybridized carbons (Fsp3) is 0.263. The Morgan fingerprint density at radius 1 is 1.00 bits per heavy atom. The third-order valence-corrected chi connectivity index (χ3v) is 4.40. The summed E-state index contributed by atoms with van der Waals surface area (Å²) in [5.41, 5.74) is 2.44.